The second-order valence-corrected chi connectivity index (χ2v) is 7.01. The number of anilines is 3. The average molecular weight is 339 g/mol. The SMILES string of the molecule is CN(C)c1ccc(N2CCC(C)(C(=O)Nc3ccccc3)CC2)nn1. The van der Waals surface area contributed by atoms with E-state index >= 15 is 0 Å². The van der Waals surface area contributed by atoms with Crippen molar-refractivity contribution in [1.82, 2.24) is 10.2 Å². The second-order valence-electron chi connectivity index (χ2n) is 7.01. The largest absolute Gasteiger partial charge is 0.361 e. The van der Waals surface area contributed by atoms with Gasteiger partial charge >= 0.3 is 0 Å². The number of aromatic nitrogens is 2. The molecule has 0 radical (unpaired) electrons. The topological polar surface area (TPSA) is 61.4 Å². The van der Waals surface area contributed by atoms with Gasteiger partial charge in [-0.25, -0.2) is 0 Å². The maximum atomic E-state index is 12.7. The quantitative estimate of drug-likeness (QED) is 0.928. The van der Waals surface area contributed by atoms with Gasteiger partial charge in [-0.15, -0.1) is 10.2 Å². The van der Waals surface area contributed by atoms with Gasteiger partial charge in [0.25, 0.3) is 0 Å². The van der Waals surface area contributed by atoms with Gasteiger partial charge in [-0.2, -0.15) is 0 Å². The number of piperidine rings is 1. The predicted molar refractivity (Wildman–Crippen MR) is 101 cm³/mol. The van der Waals surface area contributed by atoms with Crippen LogP contribution in [0.5, 0.6) is 0 Å². The fraction of sp³-hybridized carbons (Fsp3) is 0.421. The van der Waals surface area contributed by atoms with Crippen molar-refractivity contribution in [3.8, 4) is 0 Å². The van der Waals surface area contributed by atoms with Crippen molar-refractivity contribution in [2.75, 3.05) is 42.3 Å². The Morgan fingerprint density at radius 1 is 1.08 bits per heavy atom. The van der Waals surface area contributed by atoms with Crippen LogP contribution >= 0.6 is 0 Å². The number of rotatable bonds is 4. The molecule has 0 unspecified atom stereocenters. The summed E-state index contributed by atoms with van der Waals surface area (Å²) in [5.41, 5.74) is 0.491. The van der Waals surface area contributed by atoms with Gasteiger partial charge in [0.1, 0.15) is 0 Å². The van der Waals surface area contributed by atoms with Gasteiger partial charge in [0.15, 0.2) is 11.6 Å². The Hall–Kier alpha value is -2.63. The normalized spacial score (nSPS) is 16.4. The van der Waals surface area contributed by atoms with E-state index in [0.29, 0.717) is 0 Å². The molecule has 2 heterocycles. The lowest BCUT2D eigenvalue weighted by molar-refractivity contribution is -0.125. The number of hydrogen-bond acceptors (Lipinski definition) is 5. The number of nitrogens with one attached hydrogen (secondary N) is 1. The van der Waals surface area contributed by atoms with E-state index in [9.17, 15) is 4.79 Å². The number of carbonyl (C=O) groups is 1. The van der Waals surface area contributed by atoms with Crippen LogP contribution in [0.3, 0.4) is 0 Å². The third-order valence-corrected chi connectivity index (χ3v) is 4.87. The number of nitrogens with zero attached hydrogens (tertiary/aromatic N) is 4. The molecule has 132 valence electrons. The molecule has 0 bridgehead atoms. The Morgan fingerprint density at radius 2 is 1.76 bits per heavy atom. The maximum absolute atomic E-state index is 12.7. The van der Waals surface area contributed by atoms with E-state index in [2.05, 4.69) is 20.4 Å². The Labute approximate surface area is 148 Å². The summed E-state index contributed by atoms with van der Waals surface area (Å²) in [5.74, 6) is 1.80. The van der Waals surface area contributed by atoms with Crippen molar-refractivity contribution < 1.29 is 4.79 Å². The average Bonchev–Trinajstić information content (AvgIpc) is 2.63. The molecule has 0 atom stereocenters. The van der Waals surface area contributed by atoms with E-state index in [1.54, 1.807) is 0 Å². The molecule has 6 nitrogen and oxygen atoms in total. The second kappa shape index (κ2) is 7.09. The first kappa shape index (κ1) is 17.2. The van der Waals surface area contributed by atoms with Crippen LogP contribution < -0.4 is 15.1 Å². The molecular weight excluding hydrogens is 314 g/mol. The Balaban J connectivity index is 1.61. The Bertz CT molecular complexity index is 706. The standard InChI is InChI=1S/C19H25N5O/c1-19(18(25)20-15-7-5-4-6-8-15)11-13-24(14-12-19)17-10-9-16(21-22-17)23(2)3/h4-10H,11-14H2,1-3H3,(H,20,25). The molecule has 1 saturated heterocycles. The fourth-order valence-electron chi connectivity index (χ4n) is 2.99. The lowest BCUT2D eigenvalue weighted by atomic mass is 9.79. The zero-order chi connectivity index (χ0) is 17.9. The molecule has 1 N–H and O–H groups in total. The van der Waals surface area contributed by atoms with E-state index in [-0.39, 0.29) is 11.3 Å². The maximum Gasteiger partial charge on any atom is 0.230 e. The van der Waals surface area contributed by atoms with E-state index in [4.69, 9.17) is 0 Å². The smallest absolute Gasteiger partial charge is 0.230 e. The van der Waals surface area contributed by atoms with Crippen LogP contribution in [0, 0.1) is 5.41 Å². The molecule has 2 aromatic rings. The monoisotopic (exact) mass is 339 g/mol. The number of hydrogen-bond donors (Lipinski definition) is 1. The zero-order valence-electron chi connectivity index (χ0n) is 15.1. The molecular formula is C19H25N5O. The van der Waals surface area contributed by atoms with Gasteiger partial charge in [0.05, 0.1) is 5.41 Å². The van der Waals surface area contributed by atoms with Crippen LogP contribution in [0.15, 0.2) is 42.5 Å². The third-order valence-electron chi connectivity index (χ3n) is 4.87. The molecule has 0 aliphatic carbocycles. The summed E-state index contributed by atoms with van der Waals surface area (Å²) in [6.45, 7) is 3.65. The molecule has 1 aliphatic rings. The highest BCUT2D eigenvalue weighted by atomic mass is 16.2. The van der Waals surface area contributed by atoms with Crippen molar-refractivity contribution in [2.24, 2.45) is 5.41 Å². The van der Waals surface area contributed by atoms with Gasteiger partial charge in [-0.3, -0.25) is 4.79 Å². The lowest BCUT2D eigenvalue weighted by Gasteiger charge is -2.38. The molecule has 1 aromatic heterocycles. The van der Waals surface area contributed by atoms with Gasteiger partial charge in [0.2, 0.25) is 5.91 Å². The van der Waals surface area contributed by atoms with Crippen LogP contribution in [0.2, 0.25) is 0 Å². The first-order valence-electron chi connectivity index (χ1n) is 8.60. The third kappa shape index (κ3) is 3.90. The van der Waals surface area contributed by atoms with Crippen LogP contribution in [0.25, 0.3) is 0 Å². The van der Waals surface area contributed by atoms with Gasteiger partial charge < -0.3 is 15.1 Å². The van der Waals surface area contributed by atoms with Crippen molar-refractivity contribution in [3.63, 3.8) is 0 Å². The van der Waals surface area contributed by atoms with Crippen LogP contribution in [0.4, 0.5) is 17.3 Å². The van der Waals surface area contributed by atoms with Crippen molar-refractivity contribution in [1.29, 1.82) is 0 Å². The first-order chi connectivity index (χ1) is 12.0. The summed E-state index contributed by atoms with van der Waals surface area (Å²) in [4.78, 5) is 16.8. The summed E-state index contributed by atoms with van der Waals surface area (Å²) < 4.78 is 0. The molecule has 0 spiro atoms. The summed E-state index contributed by atoms with van der Waals surface area (Å²) in [7, 11) is 3.89. The van der Waals surface area contributed by atoms with Crippen LogP contribution in [-0.4, -0.2) is 43.3 Å². The number of para-hydroxylation sites is 1. The van der Waals surface area contributed by atoms with Gasteiger partial charge in [0, 0.05) is 32.9 Å². The lowest BCUT2D eigenvalue weighted by Crippen LogP contribution is -2.45. The van der Waals surface area contributed by atoms with E-state index in [1.807, 2.05) is 68.4 Å². The fourth-order valence-corrected chi connectivity index (χ4v) is 2.99. The molecule has 1 amide bonds. The molecule has 0 saturated carbocycles. The molecule has 1 fully saturated rings. The molecule has 1 aromatic carbocycles. The molecule has 6 heteroatoms. The number of amides is 1. The van der Waals surface area contributed by atoms with E-state index < -0.39 is 0 Å². The van der Waals surface area contributed by atoms with Gasteiger partial charge in [-0.1, -0.05) is 25.1 Å². The van der Waals surface area contributed by atoms with E-state index in [0.717, 1.165) is 43.3 Å². The summed E-state index contributed by atoms with van der Waals surface area (Å²) in [5, 5.41) is 11.6. The highest BCUT2D eigenvalue weighted by Gasteiger charge is 2.37. The minimum atomic E-state index is -0.358. The summed E-state index contributed by atoms with van der Waals surface area (Å²) in [6.07, 6.45) is 1.59. The highest BCUT2D eigenvalue weighted by Crippen LogP contribution is 2.33. The van der Waals surface area contributed by atoms with Crippen molar-refractivity contribution in [2.45, 2.75) is 19.8 Å². The minimum Gasteiger partial charge on any atom is -0.361 e. The first-order valence-corrected chi connectivity index (χ1v) is 8.60. The molecule has 1 aliphatic heterocycles. The van der Waals surface area contributed by atoms with E-state index in [1.165, 1.54) is 0 Å². The number of carbonyl (C=O) groups excluding carboxylic acids is 1. The summed E-state index contributed by atoms with van der Waals surface area (Å²) in [6, 6.07) is 13.6. The Kier molecular flexibility index (Phi) is 4.88. The number of benzene rings is 1. The van der Waals surface area contributed by atoms with Crippen LogP contribution in [-0.2, 0) is 4.79 Å². The predicted octanol–water partition coefficient (Wildman–Crippen LogP) is 2.79. The zero-order valence-corrected chi connectivity index (χ0v) is 15.1. The highest BCUT2D eigenvalue weighted by molar-refractivity contribution is 5.95. The molecule has 3 rings (SSSR count). The van der Waals surface area contributed by atoms with Crippen molar-refractivity contribution >= 4 is 23.2 Å². The summed E-state index contributed by atoms with van der Waals surface area (Å²) >= 11 is 0. The Morgan fingerprint density at radius 3 is 2.32 bits per heavy atom. The van der Waals surface area contributed by atoms with Crippen LogP contribution in [0.1, 0.15) is 19.8 Å². The van der Waals surface area contributed by atoms with Gasteiger partial charge in [-0.05, 0) is 37.1 Å². The van der Waals surface area contributed by atoms with Crippen molar-refractivity contribution in [3.05, 3.63) is 42.5 Å². The minimum absolute atomic E-state index is 0.0902. The molecule has 25 heavy (non-hydrogen) atoms.